The predicted molar refractivity (Wildman–Crippen MR) is 123 cm³/mol. The van der Waals surface area contributed by atoms with Crippen molar-refractivity contribution >= 4 is 21.8 Å². The number of rotatable bonds is 6. The number of nitrogens with one attached hydrogen (secondary N) is 2. The summed E-state index contributed by atoms with van der Waals surface area (Å²) in [4.78, 5) is 0. The number of benzene rings is 2. The maximum absolute atomic E-state index is 10.4. The number of hydrogen-bond acceptors (Lipinski definition) is 8. The molecule has 33 heavy (non-hydrogen) atoms. The summed E-state index contributed by atoms with van der Waals surface area (Å²) in [5.41, 5.74) is 2.46. The zero-order valence-corrected chi connectivity index (χ0v) is 19.7. The molecule has 0 aliphatic carbocycles. The molecule has 3 aromatic rings. The van der Waals surface area contributed by atoms with Crippen molar-refractivity contribution in [3.05, 3.63) is 45.9 Å². The van der Waals surface area contributed by atoms with Gasteiger partial charge in [0, 0.05) is 11.5 Å². The van der Waals surface area contributed by atoms with Crippen LogP contribution in [-0.4, -0.2) is 42.0 Å². The molecule has 3 N–H and O–H groups in total. The van der Waals surface area contributed by atoms with E-state index in [1.54, 1.807) is 44.6 Å². The van der Waals surface area contributed by atoms with Crippen molar-refractivity contribution in [2.75, 3.05) is 20.8 Å². The molecule has 2 atom stereocenters. The molecule has 1 aliphatic heterocycles. The van der Waals surface area contributed by atoms with E-state index >= 15 is 0 Å². The van der Waals surface area contributed by atoms with Gasteiger partial charge in [-0.05, 0) is 58.7 Å². The molecular formula is C23H21BrN4O5. The van der Waals surface area contributed by atoms with Crippen LogP contribution in [0.4, 0.5) is 0 Å². The minimum atomic E-state index is -0.934. The predicted octanol–water partition coefficient (Wildman–Crippen LogP) is 4.60. The summed E-state index contributed by atoms with van der Waals surface area (Å²) in [6, 6.07) is 10.9. The first-order chi connectivity index (χ1) is 15.9. The van der Waals surface area contributed by atoms with E-state index in [4.69, 9.17) is 24.4 Å². The van der Waals surface area contributed by atoms with Crippen LogP contribution in [0.15, 0.2) is 34.8 Å². The normalized spacial score (nSPS) is 17.0. The third-order valence-corrected chi connectivity index (χ3v) is 6.03. The summed E-state index contributed by atoms with van der Waals surface area (Å²) in [6.45, 7) is 2.15. The van der Waals surface area contributed by atoms with Gasteiger partial charge in [0.15, 0.2) is 11.5 Å². The van der Waals surface area contributed by atoms with Gasteiger partial charge in [-0.3, -0.25) is 10.5 Å². The fourth-order valence-electron chi connectivity index (χ4n) is 3.93. The topological polar surface area (TPSA) is 133 Å². The van der Waals surface area contributed by atoms with E-state index in [1.807, 2.05) is 6.92 Å². The Kier molecular flexibility index (Phi) is 6.16. The molecule has 2 heterocycles. The first-order valence-electron chi connectivity index (χ1n) is 10.0. The van der Waals surface area contributed by atoms with Crippen LogP contribution in [0.25, 0.3) is 11.3 Å². The van der Waals surface area contributed by atoms with Crippen molar-refractivity contribution in [1.82, 2.24) is 10.2 Å². The number of fused-ring (bicyclic) bond motifs is 1. The summed E-state index contributed by atoms with van der Waals surface area (Å²) < 4.78 is 22.5. The Hall–Kier alpha value is -3.71. The van der Waals surface area contributed by atoms with Gasteiger partial charge in [-0.25, -0.2) is 0 Å². The number of methoxy groups -OCH3 is 2. The average Bonchev–Trinajstić information content (AvgIpc) is 3.23. The van der Waals surface area contributed by atoms with Gasteiger partial charge in [0.25, 0.3) is 0 Å². The molecule has 0 bridgehead atoms. The maximum Gasteiger partial charge on any atom is 0.244 e. The Balaban J connectivity index is 1.98. The first kappa shape index (κ1) is 22.5. The Morgan fingerprint density at radius 3 is 2.70 bits per heavy atom. The van der Waals surface area contributed by atoms with Crippen LogP contribution in [-0.2, 0) is 0 Å². The van der Waals surface area contributed by atoms with Crippen LogP contribution in [0.2, 0.25) is 0 Å². The van der Waals surface area contributed by atoms with Gasteiger partial charge >= 0.3 is 0 Å². The summed E-state index contributed by atoms with van der Waals surface area (Å²) in [7, 11) is 3.12. The highest BCUT2D eigenvalue weighted by molar-refractivity contribution is 9.10. The standard InChI is InChI=1S/C23H21BrN4O5/c1-4-32-17-8-11(7-15(24)21(17)29)18-14(10-25)22(26)33-23-19(18)20(27-28-23)13-9-12(30-2)5-6-16(13)31-3/h5-9,14,18,26,29H,4H2,1-3H3,(H,27,28). The van der Waals surface area contributed by atoms with Crippen LogP contribution in [0, 0.1) is 22.7 Å². The number of halogens is 1. The molecule has 0 radical (unpaired) electrons. The molecule has 1 aromatic heterocycles. The van der Waals surface area contributed by atoms with Crippen LogP contribution in [0.5, 0.6) is 28.9 Å². The highest BCUT2D eigenvalue weighted by Gasteiger charge is 2.41. The zero-order chi connectivity index (χ0) is 23.7. The Labute approximate surface area is 198 Å². The number of phenolic OH excluding ortho intramolecular Hbond substituents is 1. The van der Waals surface area contributed by atoms with Gasteiger partial charge in [-0.1, -0.05) is 0 Å². The number of nitriles is 1. The van der Waals surface area contributed by atoms with Crippen molar-refractivity contribution < 1.29 is 24.1 Å². The van der Waals surface area contributed by atoms with Crippen LogP contribution < -0.4 is 18.9 Å². The smallest absolute Gasteiger partial charge is 0.244 e. The molecule has 2 unspecified atom stereocenters. The lowest BCUT2D eigenvalue weighted by Crippen LogP contribution is -2.31. The molecule has 9 nitrogen and oxygen atoms in total. The number of aromatic hydroxyl groups is 1. The third-order valence-electron chi connectivity index (χ3n) is 5.43. The molecule has 0 spiro atoms. The Bertz CT molecular complexity index is 1270. The minimum absolute atomic E-state index is 0.0432. The van der Waals surface area contributed by atoms with E-state index in [9.17, 15) is 10.4 Å². The van der Waals surface area contributed by atoms with E-state index in [0.717, 1.165) is 0 Å². The monoisotopic (exact) mass is 512 g/mol. The van der Waals surface area contributed by atoms with Gasteiger partial charge in [-0.15, -0.1) is 5.10 Å². The SMILES string of the molecule is CCOc1cc(C2c3c(n[nH]c3-c3cc(OC)ccc3OC)OC(=N)C2C#N)cc(Br)c1O. The molecule has 0 amide bonds. The van der Waals surface area contributed by atoms with Crippen molar-refractivity contribution in [2.24, 2.45) is 5.92 Å². The van der Waals surface area contributed by atoms with E-state index < -0.39 is 11.8 Å². The second-order valence-corrected chi connectivity index (χ2v) is 8.07. The number of aromatic amines is 1. The fourth-order valence-corrected chi connectivity index (χ4v) is 4.39. The molecular weight excluding hydrogens is 492 g/mol. The molecule has 4 rings (SSSR count). The van der Waals surface area contributed by atoms with Crippen LogP contribution in [0.3, 0.4) is 0 Å². The Morgan fingerprint density at radius 1 is 1.24 bits per heavy atom. The third kappa shape index (κ3) is 3.85. The number of H-pyrrole nitrogens is 1. The molecule has 1 aliphatic rings. The molecule has 10 heteroatoms. The first-order valence-corrected chi connectivity index (χ1v) is 10.8. The molecule has 170 valence electrons. The summed E-state index contributed by atoms with van der Waals surface area (Å²) in [6.07, 6.45) is 0. The van der Waals surface area contributed by atoms with E-state index in [0.29, 0.717) is 45.0 Å². The second-order valence-electron chi connectivity index (χ2n) is 7.22. The lowest BCUT2D eigenvalue weighted by molar-refractivity contribution is 0.316. The van der Waals surface area contributed by atoms with Crippen molar-refractivity contribution in [3.8, 4) is 46.2 Å². The van der Waals surface area contributed by atoms with Gasteiger partial charge in [0.1, 0.15) is 17.4 Å². The number of nitrogens with zero attached hydrogens (tertiary/aromatic N) is 2. The van der Waals surface area contributed by atoms with E-state index in [-0.39, 0.29) is 23.3 Å². The zero-order valence-electron chi connectivity index (χ0n) is 18.1. The summed E-state index contributed by atoms with van der Waals surface area (Å²) in [5.74, 6) is -0.190. The van der Waals surface area contributed by atoms with Crippen LogP contribution >= 0.6 is 15.9 Å². The Morgan fingerprint density at radius 2 is 2.03 bits per heavy atom. The lowest BCUT2D eigenvalue weighted by Gasteiger charge is -2.29. The fraction of sp³-hybridized carbons (Fsp3) is 0.261. The quantitative estimate of drug-likeness (QED) is 0.439. The lowest BCUT2D eigenvalue weighted by atomic mass is 9.78. The van der Waals surface area contributed by atoms with Crippen LogP contribution in [0.1, 0.15) is 24.0 Å². The second kappa shape index (κ2) is 9.03. The number of hydrogen-bond donors (Lipinski definition) is 3. The largest absolute Gasteiger partial charge is 0.503 e. The molecule has 0 fully saturated rings. The summed E-state index contributed by atoms with van der Waals surface area (Å²) in [5, 5.41) is 35.9. The summed E-state index contributed by atoms with van der Waals surface area (Å²) >= 11 is 3.37. The minimum Gasteiger partial charge on any atom is -0.503 e. The number of aromatic nitrogens is 2. The van der Waals surface area contributed by atoms with Crippen molar-refractivity contribution in [2.45, 2.75) is 12.8 Å². The van der Waals surface area contributed by atoms with Crippen molar-refractivity contribution in [1.29, 1.82) is 10.7 Å². The average molecular weight is 513 g/mol. The van der Waals surface area contributed by atoms with Gasteiger partial charge in [0.05, 0.1) is 42.6 Å². The number of ether oxygens (including phenoxy) is 4. The van der Waals surface area contributed by atoms with Gasteiger partial charge in [0.2, 0.25) is 11.8 Å². The molecule has 2 aromatic carbocycles. The van der Waals surface area contributed by atoms with E-state index in [1.165, 1.54) is 0 Å². The van der Waals surface area contributed by atoms with Gasteiger partial charge in [-0.2, -0.15) is 5.26 Å². The van der Waals surface area contributed by atoms with E-state index in [2.05, 4.69) is 32.2 Å². The molecule has 0 saturated heterocycles. The maximum atomic E-state index is 10.4. The highest BCUT2D eigenvalue weighted by Crippen LogP contribution is 2.49. The molecule has 0 saturated carbocycles. The van der Waals surface area contributed by atoms with Gasteiger partial charge < -0.3 is 24.1 Å². The van der Waals surface area contributed by atoms with Crippen molar-refractivity contribution in [3.63, 3.8) is 0 Å². The number of phenols is 1. The highest BCUT2D eigenvalue weighted by atomic mass is 79.9.